The molecule has 19 heavy (non-hydrogen) atoms. The molecule has 1 aliphatic rings. The van der Waals surface area contributed by atoms with E-state index < -0.39 is 0 Å². The molecule has 3 heterocycles. The van der Waals surface area contributed by atoms with Crippen molar-refractivity contribution in [2.75, 3.05) is 18.9 Å². The van der Waals surface area contributed by atoms with Gasteiger partial charge in [0.15, 0.2) is 10.8 Å². The number of anilines is 1. The SMILES string of the molecule is Cc1cc(C(=O)Nc2nc3c(s2)CN(C)CC3)no1. The van der Waals surface area contributed by atoms with Crippen LogP contribution < -0.4 is 5.32 Å². The predicted molar refractivity (Wildman–Crippen MR) is 71.3 cm³/mol. The molecule has 0 fully saturated rings. The second-order valence-electron chi connectivity index (χ2n) is 4.65. The van der Waals surface area contributed by atoms with Crippen LogP contribution in [0, 0.1) is 6.92 Å². The molecule has 0 bridgehead atoms. The summed E-state index contributed by atoms with van der Waals surface area (Å²) in [6.07, 6.45) is 0.932. The number of amides is 1. The van der Waals surface area contributed by atoms with E-state index in [0.717, 1.165) is 25.2 Å². The molecule has 100 valence electrons. The first-order valence-corrected chi connectivity index (χ1v) is 6.85. The third-order valence-corrected chi connectivity index (χ3v) is 4.00. The van der Waals surface area contributed by atoms with E-state index in [9.17, 15) is 4.79 Å². The van der Waals surface area contributed by atoms with Crippen LogP contribution in [0.25, 0.3) is 0 Å². The van der Waals surface area contributed by atoms with Crippen molar-refractivity contribution in [1.29, 1.82) is 0 Å². The molecule has 1 amide bonds. The van der Waals surface area contributed by atoms with E-state index in [1.165, 1.54) is 16.2 Å². The van der Waals surface area contributed by atoms with Gasteiger partial charge in [-0.25, -0.2) is 4.98 Å². The van der Waals surface area contributed by atoms with Gasteiger partial charge < -0.3 is 9.42 Å². The highest BCUT2D eigenvalue weighted by Crippen LogP contribution is 2.27. The third kappa shape index (κ3) is 2.52. The molecule has 6 nitrogen and oxygen atoms in total. The van der Waals surface area contributed by atoms with Crippen molar-refractivity contribution in [3.63, 3.8) is 0 Å². The minimum atomic E-state index is -0.281. The van der Waals surface area contributed by atoms with Crippen LogP contribution in [0.1, 0.15) is 26.8 Å². The first-order valence-electron chi connectivity index (χ1n) is 6.03. The lowest BCUT2D eigenvalue weighted by molar-refractivity contribution is 0.101. The fourth-order valence-corrected chi connectivity index (χ4v) is 3.09. The van der Waals surface area contributed by atoms with Gasteiger partial charge in [0, 0.05) is 30.5 Å². The Hall–Kier alpha value is -1.73. The van der Waals surface area contributed by atoms with E-state index in [4.69, 9.17) is 4.52 Å². The summed E-state index contributed by atoms with van der Waals surface area (Å²) in [6, 6.07) is 1.61. The summed E-state index contributed by atoms with van der Waals surface area (Å²) in [5, 5.41) is 7.09. The van der Waals surface area contributed by atoms with E-state index >= 15 is 0 Å². The lowest BCUT2D eigenvalue weighted by atomic mass is 10.2. The van der Waals surface area contributed by atoms with E-state index in [1.807, 2.05) is 0 Å². The molecule has 1 N–H and O–H groups in total. The van der Waals surface area contributed by atoms with Crippen molar-refractivity contribution >= 4 is 22.4 Å². The van der Waals surface area contributed by atoms with Crippen molar-refractivity contribution in [2.24, 2.45) is 0 Å². The molecule has 0 saturated carbocycles. The maximum Gasteiger partial charge on any atom is 0.279 e. The summed E-state index contributed by atoms with van der Waals surface area (Å²) in [5.74, 6) is 0.335. The third-order valence-electron chi connectivity index (χ3n) is 3.00. The summed E-state index contributed by atoms with van der Waals surface area (Å²) < 4.78 is 4.88. The minimum absolute atomic E-state index is 0.280. The predicted octanol–water partition coefficient (Wildman–Crippen LogP) is 1.68. The number of nitrogens with one attached hydrogen (secondary N) is 1. The first-order chi connectivity index (χ1) is 9.11. The summed E-state index contributed by atoms with van der Waals surface area (Å²) in [7, 11) is 2.08. The van der Waals surface area contributed by atoms with Gasteiger partial charge in [0.25, 0.3) is 5.91 Å². The van der Waals surface area contributed by atoms with Crippen molar-refractivity contribution in [2.45, 2.75) is 19.9 Å². The number of carbonyl (C=O) groups excluding carboxylic acids is 1. The van der Waals surface area contributed by atoms with E-state index in [1.54, 1.807) is 13.0 Å². The standard InChI is InChI=1S/C12H14N4O2S/c1-7-5-9(15-18-7)11(17)14-12-13-8-3-4-16(2)6-10(8)19-12/h5H,3-4,6H2,1-2H3,(H,13,14,17). The Kier molecular flexibility index (Phi) is 3.08. The molecule has 0 aromatic carbocycles. The monoisotopic (exact) mass is 278 g/mol. The number of aromatic nitrogens is 2. The molecule has 0 radical (unpaired) electrons. The van der Waals surface area contributed by atoms with E-state index in [-0.39, 0.29) is 11.6 Å². The Morgan fingerprint density at radius 3 is 3.16 bits per heavy atom. The fraction of sp³-hybridized carbons (Fsp3) is 0.417. The van der Waals surface area contributed by atoms with Gasteiger partial charge in [-0.3, -0.25) is 10.1 Å². The molecular weight excluding hydrogens is 264 g/mol. The molecule has 3 rings (SSSR count). The quantitative estimate of drug-likeness (QED) is 0.905. The van der Waals surface area contributed by atoms with E-state index in [0.29, 0.717) is 10.9 Å². The zero-order valence-corrected chi connectivity index (χ0v) is 11.6. The van der Waals surface area contributed by atoms with Crippen LogP contribution in [0.3, 0.4) is 0 Å². The number of hydrogen-bond donors (Lipinski definition) is 1. The number of hydrogen-bond acceptors (Lipinski definition) is 6. The molecule has 2 aromatic rings. The van der Waals surface area contributed by atoms with Crippen LogP contribution >= 0.6 is 11.3 Å². The molecule has 0 atom stereocenters. The molecule has 0 aliphatic carbocycles. The van der Waals surface area contributed by atoms with Crippen LogP contribution in [0.4, 0.5) is 5.13 Å². The number of carbonyl (C=O) groups is 1. The zero-order chi connectivity index (χ0) is 13.4. The van der Waals surface area contributed by atoms with Crippen molar-refractivity contribution in [1.82, 2.24) is 15.0 Å². The Balaban J connectivity index is 1.75. The topological polar surface area (TPSA) is 71.3 Å². The first kappa shape index (κ1) is 12.3. The smallest absolute Gasteiger partial charge is 0.279 e. The molecule has 2 aromatic heterocycles. The molecular formula is C12H14N4O2S. The Morgan fingerprint density at radius 1 is 1.58 bits per heavy atom. The molecule has 7 heteroatoms. The van der Waals surface area contributed by atoms with Crippen LogP contribution in [0.15, 0.2) is 10.6 Å². The van der Waals surface area contributed by atoms with Gasteiger partial charge in [-0.15, -0.1) is 11.3 Å². The number of thiazole rings is 1. The lowest BCUT2D eigenvalue weighted by Crippen LogP contribution is -2.25. The largest absolute Gasteiger partial charge is 0.361 e. The van der Waals surface area contributed by atoms with Gasteiger partial charge in [-0.05, 0) is 14.0 Å². The Bertz CT molecular complexity index is 619. The van der Waals surface area contributed by atoms with Gasteiger partial charge in [0.2, 0.25) is 0 Å². The van der Waals surface area contributed by atoms with Crippen molar-refractivity contribution in [3.8, 4) is 0 Å². The average Bonchev–Trinajstić information content (AvgIpc) is 2.94. The molecule has 0 saturated heterocycles. The summed E-state index contributed by atoms with van der Waals surface area (Å²) in [6.45, 7) is 3.65. The highest BCUT2D eigenvalue weighted by molar-refractivity contribution is 7.15. The molecule has 1 aliphatic heterocycles. The number of fused-ring (bicyclic) bond motifs is 1. The van der Waals surface area contributed by atoms with Crippen LogP contribution in [-0.4, -0.2) is 34.5 Å². The Labute approximate surface area is 114 Å². The van der Waals surface area contributed by atoms with Crippen LogP contribution in [0.5, 0.6) is 0 Å². The summed E-state index contributed by atoms with van der Waals surface area (Å²) in [4.78, 5) is 19.9. The minimum Gasteiger partial charge on any atom is -0.361 e. The zero-order valence-electron chi connectivity index (χ0n) is 10.8. The summed E-state index contributed by atoms with van der Waals surface area (Å²) >= 11 is 1.53. The van der Waals surface area contributed by atoms with Crippen LogP contribution in [-0.2, 0) is 13.0 Å². The summed E-state index contributed by atoms with van der Waals surface area (Å²) in [5.41, 5.74) is 1.37. The second kappa shape index (κ2) is 4.75. The fourth-order valence-electron chi connectivity index (χ4n) is 2.01. The van der Waals surface area contributed by atoms with Gasteiger partial charge in [0.1, 0.15) is 5.76 Å². The molecule has 0 spiro atoms. The number of nitrogens with zero attached hydrogens (tertiary/aromatic N) is 3. The number of rotatable bonds is 2. The van der Waals surface area contributed by atoms with Crippen LogP contribution in [0.2, 0.25) is 0 Å². The van der Waals surface area contributed by atoms with Gasteiger partial charge in [-0.1, -0.05) is 5.16 Å². The van der Waals surface area contributed by atoms with E-state index in [2.05, 4.69) is 27.4 Å². The lowest BCUT2D eigenvalue weighted by Gasteiger charge is -2.20. The van der Waals surface area contributed by atoms with Crippen molar-refractivity contribution in [3.05, 3.63) is 28.1 Å². The van der Waals surface area contributed by atoms with Gasteiger partial charge >= 0.3 is 0 Å². The van der Waals surface area contributed by atoms with Crippen molar-refractivity contribution < 1.29 is 9.32 Å². The maximum absolute atomic E-state index is 11.9. The maximum atomic E-state index is 11.9. The Morgan fingerprint density at radius 2 is 2.42 bits per heavy atom. The van der Waals surface area contributed by atoms with Gasteiger partial charge in [-0.2, -0.15) is 0 Å². The molecule has 0 unspecified atom stereocenters. The van der Waals surface area contributed by atoms with Gasteiger partial charge in [0.05, 0.1) is 5.69 Å². The number of likely N-dealkylation sites (N-methyl/N-ethyl adjacent to an activating group) is 1. The highest BCUT2D eigenvalue weighted by Gasteiger charge is 2.20. The average molecular weight is 278 g/mol. The highest BCUT2D eigenvalue weighted by atomic mass is 32.1. The second-order valence-corrected chi connectivity index (χ2v) is 5.74. The number of aryl methyl sites for hydroxylation is 1. The normalized spacial score (nSPS) is 15.3.